The quantitative estimate of drug-likeness (QED) is 0.244. The zero-order valence-corrected chi connectivity index (χ0v) is 23.4. The summed E-state index contributed by atoms with van der Waals surface area (Å²) in [6.45, 7) is 15.0. The van der Waals surface area contributed by atoms with Crippen molar-refractivity contribution in [1.82, 2.24) is 29.4 Å². The van der Waals surface area contributed by atoms with E-state index in [1.807, 2.05) is 49.7 Å². The Kier molecular flexibility index (Phi) is 7.91. The molecule has 210 valence electrons. The number of benzene rings is 1. The Morgan fingerprint density at radius 3 is 2.67 bits per heavy atom. The average Bonchev–Trinajstić information content (AvgIpc) is 3.28. The van der Waals surface area contributed by atoms with Crippen LogP contribution < -0.4 is 5.32 Å². The topological polar surface area (TPSA) is 81.0 Å². The van der Waals surface area contributed by atoms with Crippen LogP contribution in [-0.2, 0) is 11.3 Å². The van der Waals surface area contributed by atoms with Gasteiger partial charge >= 0.3 is 0 Å². The summed E-state index contributed by atoms with van der Waals surface area (Å²) >= 11 is 0. The minimum Gasteiger partial charge on any atom is -0.372 e. The maximum absolute atomic E-state index is 15.0. The van der Waals surface area contributed by atoms with Gasteiger partial charge in [-0.05, 0) is 57.4 Å². The molecule has 3 aromatic heterocycles. The molecule has 0 aliphatic carbocycles. The van der Waals surface area contributed by atoms with Crippen LogP contribution in [0.2, 0.25) is 0 Å². The number of morpholine rings is 1. The number of pyridine rings is 1. The van der Waals surface area contributed by atoms with Crippen LogP contribution in [0.1, 0.15) is 51.0 Å². The summed E-state index contributed by atoms with van der Waals surface area (Å²) in [4.78, 5) is 19.7. The number of fused-ring (bicyclic) bond motifs is 1. The van der Waals surface area contributed by atoms with Crippen LogP contribution in [0.3, 0.4) is 0 Å². The molecule has 0 spiro atoms. The molecule has 0 unspecified atom stereocenters. The summed E-state index contributed by atoms with van der Waals surface area (Å²) in [5.41, 5.74) is 2.03. The zero-order valence-electron chi connectivity index (χ0n) is 23.4. The Labute approximate surface area is 233 Å². The standard InChI is InChI=1S/C30H35F2N7O/c1-6-10-30(7-2)18-38(11-12-40-30)17-21-8-9-26(33-15-21)36-29-34-16-24(32)27(37-29)22-13-23(31)28-25(14-22)39(19(3)4)20(5)35-28/h6,8-9,13-16,19H,1,7,10-12,17-18H2,2-5H3,(H,33,34,36,37)/t30-/m1/s1. The molecule has 5 rings (SSSR count). The maximum Gasteiger partial charge on any atom is 0.229 e. The third-order valence-electron chi connectivity index (χ3n) is 7.42. The molecule has 1 N–H and O–H groups in total. The Morgan fingerprint density at radius 1 is 1.15 bits per heavy atom. The molecule has 1 aliphatic heterocycles. The number of rotatable bonds is 9. The molecule has 0 radical (unpaired) electrons. The van der Waals surface area contributed by atoms with Gasteiger partial charge in [-0.25, -0.2) is 28.7 Å². The van der Waals surface area contributed by atoms with Gasteiger partial charge in [0.15, 0.2) is 11.6 Å². The van der Waals surface area contributed by atoms with Crippen molar-refractivity contribution in [3.63, 3.8) is 0 Å². The molecule has 1 saturated heterocycles. The summed E-state index contributed by atoms with van der Waals surface area (Å²) < 4.78 is 37.9. The minimum absolute atomic E-state index is 0.00433. The highest BCUT2D eigenvalue weighted by Gasteiger charge is 2.33. The maximum atomic E-state index is 15.0. The Balaban J connectivity index is 1.34. The molecule has 0 saturated carbocycles. The molecule has 1 fully saturated rings. The normalized spacial score (nSPS) is 18.0. The first-order valence-electron chi connectivity index (χ1n) is 13.6. The van der Waals surface area contributed by atoms with Gasteiger partial charge in [0, 0.05) is 37.4 Å². The first kappa shape index (κ1) is 27.8. The van der Waals surface area contributed by atoms with Crippen molar-refractivity contribution in [2.24, 2.45) is 0 Å². The van der Waals surface area contributed by atoms with E-state index in [0.29, 0.717) is 29.3 Å². The molecular formula is C30H35F2N7O. The van der Waals surface area contributed by atoms with Crippen LogP contribution in [0.4, 0.5) is 20.5 Å². The van der Waals surface area contributed by atoms with Crippen LogP contribution in [0, 0.1) is 18.6 Å². The van der Waals surface area contributed by atoms with E-state index >= 15 is 0 Å². The second-order valence-corrected chi connectivity index (χ2v) is 10.6. The number of halogens is 2. The highest BCUT2D eigenvalue weighted by Crippen LogP contribution is 2.31. The van der Waals surface area contributed by atoms with Crippen molar-refractivity contribution in [1.29, 1.82) is 0 Å². The Hall–Kier alpha value is -3.76. The third kappa shape index (κ3) is 5.59. The molecule has 0 bridgehead atoms. The van der Waals surface area contributed by atoms with Crippen molar-refractivity contribution in [2.45, 2.75) is 58.7 Å². The number of nitrogens with zero attached hydrogens (tertiary/aromatic N) is 6. The van der Waals surface area contributed by atoms with E-state index in [1.54, 1.807) is 6.07 Å². The average molecular weight is 548 g/mol. The van der Waals surface area contributed by atoms with Gasteiger partial charge in [0.25, 0.3) is 0 Å². The molecule has 40 heavy (non-hydrogen) atoms. The van der Waals surface area contributed by atoms with Crippen LogP contribution in [0.5, 0.6) is 0 Å². The van der Waals surface area contributed by atoms with Gasteiger partial charge in [-0.2, -0.15) is 0 Å². The lowest BCUT2D eigenvalue weighted by atomic mass is 9.94. The monoisotopic (exact) mass is 547 g/mol. The number of aromatic nitrogens is 5. The van der Waals surface area contributed by atoms with Gasteiger partial charge in [-0.15, -0.1) is 6.58 Å². The predicted octanol–water partition coefficient (Wildman–Crippen LogP) is 6.36. The molecule has 0 amide bonds. The predicted molar refractivity (Wildman–Crippen MR) is 152 cm³/mol. The lowest BCUT2D eigenvalue weighted by Gasteiger charge is -2.42. The molecule has 4 aromatic rings. The number of nitrogens with one attached hydrogen (secondary N) is 1. The first-order chi connectivity index (χ1) is 19.2. The lowest BCUT2D eigenvalue weighted by Crippen LogP contribution is -2.50. The number of aryl methyl sites for hydroxylation is 1. The largest absolute Gasteiger partial charge is 0.372 e. The number of hydrogen-bond acceptors (Lipinski definition) is 7. The van der Waals surface area contributed by atoms with Crippen LogP contribution in [-0.4, -0.2) is 54.7 Å². The number of imidazole rings is 1. The van der Waals surface area contributed by atoms with Gasteiger partial charge in [-0.1, -0.05) is 19.1 Å². The number of hydrogen-bond donors (Lipinski definition) is 1. The summed E-state index contributed by atoms with van der Waals surface area (Å²) in [7, 11) is 0. The van der Waals surface area contributed by atoms with Crippen LogP contribution in [0.25, 0.3) is 22.3 Å². The van der Waals surface area contributed by atoms with Crippen LogP contribution in [0.15, 0.2) is 49.3 Å². The minimum atomic E-state index is -0.648. The first-order valence-corrected chi connectivity index (χ1v) is 13.6. The molecule has 4 heterocycles. The fourth-order valence-corrected chi connectivity index (χ4v) is 5.46. The van der Waals surface area contributed by atoms with Crippen LogP contribution >= 0.6 is 0 Å². The zero-order chi connectivity index (χ0) is 28.4. The van der Waals surface area contributed by atoms with Gasteiger partial charge < -0.3 is 14.6 Å². The second-order valence-electron chi connectivity index (χ2n) is 10.6. The summed E-state index contributed by atoms with van der Waals surface area (Å²) in [5, 5.41) is 3.04. The summed E-state index contributed by atoms with van der Waals surface area (Å²) in [6.07, 6.45) is 6.56. The fraction of sp³-hybridized carbons (Fsp3) is 0.400. The Bertz CT molecular complexity index is 1520. The van der Waals surface area contributed by atoms with E-state index in [9.17, 15) is 8.78 Å². The smallest absolute Gasteiger partial charge is 0.229 e. The highest BCUT2D eigenvalue weighted by atomic mass is 19.1. The van der Waals surface area contributed by atoms with E-state index in [2.05, 4.69) is 43.7 Å². The van der Waals surface area contributed by atoms with Crippen molar-refractivity contribution in [2.75, 3.05) is 25.0 Å². The second kappa shape index (κ2) is 11.4. The molecule has 8 nitrogen and oxygen atoms in total. The third-order valence-corrected chi connectivity index (χ3v) is 7.42. The van der Waals surface area contributed by atoms with Crippen molar-refractivity contribution in [3.8, 4) is 11.3 Å². The summed E-state index contributed by atoms with van der Waals surface area (Å²) in [5.74, 6) is 0.200. The van der Waals surface area contributed by atoms with E-state index in [-0.39, 0.29) is 28.8 Å². The molecular weight excluding hydrogens is 512 g/mol. The Morgan fingerprint density at radius 2 is 1.98 bits per heavy atom. The number of ether oxygens (including phenoxy) is 1. The van der Waals surface area contributed by atoms with E-state index in [0.717, 1.165) is 44.2 Å². The van der Waals surface area contributed by atoms with Crippen molar-refractivity contribution < 1.29 is 13.5 Å². The number of anilines is 2. The van der Waals surface area contributed by atoms with E-state index in [1.165, 1.54) is 6.07 Å². The van der Waals surface area contributed by atoms with Gasteiger partial charge in [0.05, 0.1) is 23.9 Å². The summed E-state index contributed by atoms with van der Waals surface area (Å²) in [6, 6.07) is 6.87. The van der Waals surface area contributed by atoms with Gasteiger partial charge in [-0.3, -0.25) is 4.90 Å². The van der Waals surface area contributed by atoms with E-state index in [4.69, 9.17) is 4.74 Å². The van der Waals surface area contributed by atoms with Crippen molar-refractivity contribution >= 4 is 22.8 Å². The molecule has 1 atom stereocenters. The lowest BCUT2D eigenvalue weighted by molar-refractivity contribution is -0.111. The molecule has 10 heteroatoms. The SMILES string of the molecule is C=CC[C@]1(CC)CN(Cc2ccc(Nc3ncc(F)c(-c4cc(F)c5nc(C)n(C(C)C)c5c4)n3)nc2)CCO1. The van der Waals surface area contributed by atoms with Crippen molar-refractivity contribution in [3.05, 3.63) is 72.3 Å². The highest BCUT2D eigenvalue weighted by molar-refractivity contribution is 5.83. The van der Waals surface area contributed by atoms with Gasteiger partial charge in [0.2, 0.25) is 5.95 Å². The fourth-order valence-electron chi connectivity index (χ4n) is 5.46. The van der Waals surface area contributed by atoms with E-state index < -0.39 is 11.6 Å². The molecule has 1 aliphatic rings. The van der Waals surface area contributed by atoms with Gasteiger partial charge in [0.1, 0.15) is 22.9 Å². The molecule has 1 aromatic carbocycles.